The number of carbonyl (C=O) groups is 1. The van der Waals surface area contributed by atoms with E-state index < -0.39 is 0 Å². The molecule has 0 unspecified atom stereocenters. The molecule has 1 aromatic carbocycles. The van der Waals surface area contributed by atoms with Crippen molar-refractivity contribution in [2.45, 2.75) is 6.54 Å². The highest BCUT2D eigenvalue weighted by molar-refractivity contribution is 6.04. The van der Waals surface area contributed by atoms with E-state index in [9.17, 15) is 4.79 Å². The zero-order valence-corrected chi connectivity index (χ0v) is 10.5. The number of furan rings is 1. The molecule has 4 nitrogen and oxygen atoms in total. The summed E-state index contributed by atoms with van der Waals surface area (Å²) in [5.41, 5.74) is 2.44. The van der Waals surface area contributed by atoms with Crippen molar-refractivity contribution in [1.82, 2.24) is 4.90 Å². The van der Waals surface area contributed by atoms with E-state index in [1.165, 1.54) is 12.5 Å². The summed E-state index contributed by atoms with van der Waals surface area (Å²) < 4.78 is 4.90. The minimum Gasteiger partial charge on any atom is -0.472 e. The van der Waals surface area contributed by atoms with Gasteiger partial charge in [0, 0.05) is 12.2 Å². The quantitative estimate of drug-likeness (QED) is 0.899. The van der Waals surface area contributed by atoms with Gasteiger partial charge in [-0.15, -0.1) is 0 Å². The van der Waals surface area contributed by atoms with E-state index in [4.69, 9.17) is 4.42 Å². The van der Waals surface area contributed by atoms with Crippen LogP contribution in [-0.2, 0) is 6.54 Å². The molecule has 0 aliphatic carbocycles. The Balaban J connectivity index is 2.16. The lowest BCUT2D eigenvalue weighted by atomic mass is 10.1. The summed E-state index contributed by atoms with van der Waals surface area (Å²) in [5.74, 6) is -0.157. The lowest BCUT2D eigenvalue weighted by Crippen LogP contribution is -2.16. The highest BCUT2D eigenvalue weighted by atomic mass is 16.3. The maximum absolute atomic E-state index is 11.9. The number of carbonyl (C=O) groups excluding carboxylic acids is 1. The van der Waals surface area contributed by atoms with Crippen molar-refractivity contribution in [3.05, 3.63) is 54.0 Å². The van der Waals surface area contributed by atoms with Crippen molar-refractivity contribution in [3.63, 3.8) is 0 Å². The van der Waals surface area contributed by atoms with Crippen LogP contribution in [0, 0.1) is 0 Å². The highest BCUT2D eigenvalue weighted by Crippen LogP contribution is 2.17. The zero-order valence-electron chi connectivity index (χ0n) is 10.5. The topological polar surface area (TPSA) is 45.5 Å². The van der Waals surface area contributed by atoms with E-state index in [1.807, 2.05) is 38.4 Å². The second-order valence-corrected chi connectivity index (χ2v) is 4.36. The average Bonchev–Trinajstić information content (AvgIpc) is 2.84. The summed E-state index contributed by atoms with van der Waals surface area (Å²) in [5, 5.41) is 2.89. The van der Waals surface area contributed by atoms with E-state index >= 15 is 0 Å². The maximum Gasteiger partial charge on any atom is 0.258 e. The number of anilines is 1. The number of nitrogens with one attached hydrogen (secondary N) is 1. The van der Waals surface area contributed by atoms with Crippen LogP contribution in [0.4, 0.5) is 5.69 Å². The lowest BCUT2D eigenvalue weighted by Gasteiger charge is -2.14. The molecule has 0 radical (unpaired) electrons. The molecule has 0 fully saturated rings. The van der Waals surface area contributed by atoms with Crippen molar-refractivity contribution >= 4 is 11.6 Å². The first kappa shape index (κ1) is 12.4. The molecule has 0 atom stereocenters. The molecule has 94 valence electrons. The van der Waals surface area contributed by atoms with Crippen LogP contribution >= 0.6 is 0 Å². The number of hydrogen-bond donors (Lipinski definition) is 1. The van der Waals surface area contributed by atoms with Gasteiger partial charge in [0.15, 0.2) is 0 Å². The summed E-state index contributed by atoms with van der Waals surface area (Å²) in [6.07, 6.45) is 2.92. The number of nitrogens with zero attached hydrogens (tertiary/aromatic N) is 1. The fourth-order valence-electron chi connectivity index (χ4n) is 1.71. The smallest absolute Gasteiger partial charge is 0.258 e. The monoisotopic (exact) mass is 244 g/mol. The largest absolute Gasteiger partial charge is 0.472 e. The molecule has 2 rings (SSSR count). The fourth-order valence-corrected chi connectivity index (χ4v) is 1.71. The minimum atomic E-state index is -0.157. The molecule has 2 aromatic rings. The molecule has 0 aliphatic heterocycles. The molecule has 1 N–H and O–H groups in total. The Bertz CT molecular complexity index is 518. The third-order valence-corrected chi connectivity index (χ3v) is 2.54. The van der Waals surface area contributed by atoms with Crippen molar-refractivity contribution in [2.24, 2.45) is 0 Å². The normalized spacial score (nSPS) is 10.6. The van der Waals surface area contributed by atoms with Crippen LogP contribution in [-0.4, -0.2) is 24.9 Å². The molecular weight excluding hydrogens is 228 g/mol. The number of rotatable bonds is 4. The SMILES string of the molecule is CN(C)Cc1ccccc1NC(=O)c1ccoc1. The molecule has 1 heterocycles. The van der Waals surface area contributed by atoms with Gasteiger partial charge in [0.1, 0.15) is 6.26 Å². The summed E-state index contributed by atoms with van der Waals surface area (Å²) in [6.45, 7) is 0.780. The van der Waals surface area contributed by atoms with Crippen LogP contribution in [0.1, 0.15) is 15.9 Å². The van der Waals surface area contributed by atoms with Crippen molar-refractivity contribution < 1.29 is 9.21 Å². The van der Waals surface area contributed by atoms with Gasteiger partial charge in [-0.2, -0.15) is 0 Å². The van der Waals surface area contributed by atoms with Crippen LogP contribution < -0.4 is 5.32 Å². The number of benzene rings is 1. The second-order valence-electron chi connectivity index (χ2n) is 4.36. The number of hydrogen-bond acceptors (Lipinski definition) is 3. The van der Waals surface area contributed by atoms with Gasteiger partial charge in [-0.05, 0) is 31.8 Å². The second kappa shape index (κ2) is 5.51. The van der Waals surface area contributed by atoms with E-state index in [2.05, 4.69) is 10.2 Å². The van der Waals surface area contributed by atoms with Crippen LogP contribution in [0.25, 0.3) is 0 Å². The molecule has 0 spiro atoms. The van der Waals surface area contributed by atoms with Gasteiger partial charge in [-0.25, -0.2) is 0 Å². The molecule has 0 saturated heterocycles. The van der Waals surface area contributed by atoms with Gasteiger partial charge in [0.25, 0.3) is 5.91 Å². The first-order valence-corrected chi connectivity index (χ1v) is 5.73. The number of para-hydroxylation sites is 1. The average molecular weight is 244 g/mol. The van der Waals surface area contributed by atoms with E-state index in [0.29, 0.717) is 5.56 Å². The van der Waals surface area contributed by atoms with Crippen LogP contribution in [0.5, 0.6) is 0 Å². The highest BCUT2D eigenvalue weighted by Gasteiger charge is 2.10. The van der Waals surface area contributed by atoms with Gasteiger partial charge in [-0.1, -0.05) is 18.2 Å². The maximum atomic E-state index is 11.9. The predicted molar refractivity (Wildman–Crippen MR) is 70.5 cm³/mol. The molecule has 1 aromatic heterocycles. The molecule has 0 aliphatic rings. The Morgan fingerprint density at radius 3 is 2.72 bits per heavy atom. The molecule has 0 saturated carbocycles. The first-order valence-electron chi connectivity index (χ1n) is 5.73. The Hall–Kier alpha value is -2.07. The molecule has 1 amide bonds. The summed E-state index contributed by atoms with van der Waals surface area (Å²) in [6, 6.07) is 9.42. The van der Waals surface area contributed by atoms with Gasteiger partial charge in [0.05, 0.1) is 11.8 Å². The standard InChI is InChI=1S/C14H16N2O2/c1-16(2)9-11-5-3-4-6-13(11)15-14(17)12-7-8-18-10-12/h3-8,10H,9H2,1-2H3,(H,15,17). The summed E-state index contributed by atoms with van der Waals surface area (Å²) >= 11 is 0. The predicted octanol–water partition coefficient (Wildman–Crippen LogP) is 2.59. The van der Waals surface area contributed by atoms with Crippen molar-refractivity contribution in [3.8, 4) is 0 Å². The van der Waals surface area contributed by atoms with E-state index in [0.717, 1.165) is 17.8 Å². The van der Waals surface area contributed by atoms with Gasteiger partial charge >= 0.3 is 0 Å². The van der Waals surface area contributed by atoms with Gasteiger partial charge in [-0.3, -0.25) is 4.79 Å². The third kappa shape index (κ3) is 2.99. The molecular formula is C14H16N2O2. The van der Waals surface area contributed by atoms with Gasteiger partial charge < -0.3 is 14.6 Å². The summed E-state index contributed by atoms with van der Waals surface area (Å²) in [4.78, 5) is 14.0. The Morgan fingerprint density at radius 1 is 1.28 bits per heavy atom. The Kier molecular flexibility index (Phi) is 3.79. The van der Waals surface area contributed by atoms with Crippen LogP contribution in [0.3, 0.4) is 0 Å². The molecule has 0 bridgehead atoms. The first-order chi connectivity index (χ1) is 8.66. The Labute approximate surface area is 106 Å². The fraction of sp³-hybridized carbons (Fsp3) is 0.214. The minimum absolute atomic E-state index is 0.157. The van der Waals surface area contributed by atoms with E-state index in [1.54, 1.807) is 6.07 Å². The Morgan fingerprint density at radius 2 is 2.06 bits per heavy atom. The van der Waals surface area contributed by atoms with Crippen molar-refractivity contribution in [2.75, 3.05) is 19.4 Å². The van der Waals surface area contributed by atoms with Crippen LogP contribution in [0.15, 0.2) is 47.3 Å². The lowest BCUT2D eigenvalue weighted by molar-refractivity contribution is 0.102. The van der Waals surface area contributed by atoms with Crippen LogP contribution in [0.2, 0.25) is 0 Å². The molecule has 4 heteroatoms. The van der Waals surface area contributed by atoms with Crippen molar-refractivity contribution in [1.29, 1.82) is 0 Å². The number of amides is 1. The third-order valence-electron chi connectivity index (χ3n) is 2.54. The van der Waals surface area contributed by atoms with E-state index in [-0.39, 0.29) is 5.91 Å². The molecule has 18 heavy (non-hydrogen) atoms. The zero-order chi connectivity index (χ0) is 13.0. The summed E-state index contributed by atoms with van der Waals surface area (Å²) in [7, 11) is 3.99. The van der Waals surface area contributed by atoms with Gasteiger partial charge in [0.2, 0.25) is 0 Å².